The standard InChI is InChI=1S/C20H25ClN2O7S/c1-11(28-13(3)25)19(10-27-12(2)24)30-20(18(9-23)29-14(4)26)31-17-6-15(8-22)5-16(21)7-17/h5-7,11,18-20H,9-10,23H2,1-4H3/t11-,18+,19?,20?/m1/s1. The summed E-state index contributed by atoms with van der Waals surface area (Å²) < 4.78 is 21.6. The fourth-order valence-electron chi connectivity index (χ4n) is 2.44. The highest BCUT2D eigenvalue weighted by Gasteiger charge is 2.32. The molecule has 0 spiro atoms. The molecule has 31 heavy (non-hydrogen) atoms. The zero-order chi connectivity index (χ0) is 23.6. The van der Waals surface area contributed by atoms with Gasteiger partial charge >= 0.3 is 17.9 Å². The van der Waals surface area contributed by atoms with Gasteiger partial charge in [-0.1, -0.05) is 23.4 Å². The molecule has 0 aliphatic carbocycles. The average Bonchev–Trinajstić information content (AvgIpc) is 2.66. The lowest BCUT2D eigenvalue weighted by atomic mass is 10.2. The van der Waals surface area contributed by atoms with E-state index in [1.165, 1.54) is 26.8 Å². The van der Waals surface area contributed by atoms with E-state index in [1.54, 1.807) is 19.1 Å². The van der Waals surface area contributed by atoms with E-state index in [1.807, 2.05) is 6.07 Å². The monoisotopic (exact) mass is 472 g/mol. The first-order chi connectivity index (χ1) is 14.5. The van der Waals surface area contributed by atoms with Crippen molar-refractivity contribution in [1.29, 1.82) is 5.26 Å². The number of hydrogen-bond acceptors (Lipinski definition) is 10. The average molecular weight is 473 g/mol. The lowest BCUT2D eigenvalue weighted by molar-refractivity contribution is -0.169. The SMILES string of the molecule is CC(=O)OCC(OC(Sc1cc(Cl)cc(C#N)c1)[C@H](CN)OC(C)=O)[C@@H](C)OC(C)=O. The van der Waals surface area contributed by atoms with Crippen LogP contribution in [0.15, 0.2) is 23.1 Å². The largest absolute Gasteiger partial charge is 0.463 e. The predicted molar refractivity (Wildman–Crippen MR) is 113 cm³/mol. The summed E-state index contributed by atoms with van der Waals surface area (Å²) >= 11 is 7.19. The number of ether oxygens (including phenoxy) is 4. The van der Waals surface area contributed by atoms with E-state index in [4.69, 9.17) is 36.3 Å². The van der Waals surface area contributed by atoms with Gasteiger partial charge in [-0.15, -0.1) is 0 Å². The highest BCUT2D eigenvalue weighted by molar-refractivity contribution is 7.99. The zero-order valence-electron chi connectivity index (χ0n) is 17.6. The molecule has 11 heteroatoms. The Bertz CT molecular complexity index is 830. The van der Waals surface area contributed by atoms with Crippen molar-refractivity contribution >= 4 is 41.3 Å². The maximum atomic E-state index is 11.6. The first-order valence-corrected chi connectivity index (χ1v) is 10.5. The fraction of sp³-hybridized carbons (Fsp3) is 0.500. The lowest BCUT2D eigenvalue weighted by Gasteiger charge is -2.31. The Morgan fingerprint density at radius 3 is 2.26 bits per heavy atom. The minimum Gasteiger partial charge on any atom is -0.463 e. The Morgan fingerprint density at radius 1 is 1.10 bits per heavy atom. The molecule has 0 saturated heterocycles. The van der Waals surface area contributed by atoms with Crippen LogP contribution in [0.2, 0.25) is 5.02 Å². The van der Waals surface area contributed by atoms with Crippen LogP contribution in [-0.2, 0) is 33.3 Å². The molecule has 0 bridgehead atoms. The van der Waals surface area contributed by atoms with Crippen molar-refractivity contribution in [3.8, 4) is 6.07 Å². The van der Waals surface area contributed by atoms with Crippen LogP contribution in [-0.4, -0.2) is 54.8 Å². The molecule has 0 amide bonds. The zero-order valence-corrected chi connectivity index (χ0v) is 19.2. The van der Waals surface area contributed by atoms with E-state index in [9.17, 15) is 19.6 Å². The number of nitrogens with zero attached hydrogens (tertiary/aromatic N) is 1. The molecule has 0 fully saturated rings. The topological polar surface area (TPSA) is 138 Å². The van der Waals surface area contributed by atoms with Crippen molar-refractivity contribution in [3.63, 3.8) is 0 Å². The maximum Gasteiger partial charge on any atom is 0.303 e. The molecule has 0 saturated carbocycles. The third kappa shape index (κ3) is 10.0. The summed E-state index contributed by atoms with van der Waals surface area (Å²) in [7, 11) is 0. The number of rotatable bonds is 11. The summed E-state index contributed by atoms with van der Waals surface area (Å²) in [5.41, 5.74) is 5.23. The summed E-state index contributed by atoms with van der Waals surface area (Å²) in [6, 6.07) is 6.71. The van der Waals surface area contributed by atoms with Crippen LogP contribution < -0.4 is 5.73 Å². The second-order valence-electron chi connectivity index (χ2n) is 6.45. The molecular weight excluding hydrogens is 448 g/mol. The van der Waals surface area contributed by atoms with E-state index < -0.39 is 41.7 Å². The third-order valence-electron chi connectivity index (χ3n) is 3.74. The van der Waals surface area contributed by atoms with Gasteiger partial charge in [0.15, 0.2) is 0 Å². The molecule has 1 aromatic rings. The van der Waals surface area contributed by atoms with Gasteiger partial charge in [-0.3, -0.25) is 14.4 Å². The van der Waals surface area contributed by atoms with Crippen LogP contribution in [0.5, 0.6) is 0 Å². The van der Waals surface area contributed by atoms with Crippen molar-refractivity contribution < 1.29 is 33.3 Å². The van der Waals surface area contributed by atoms with Crippen molar-refractivity contribution in [2.24, 2.45) is 5.73 Å². The number of halogens is 1. The lowest BCUT2D eigenvalue weighted by Crippen LogP contribution is -2.44. The normalized spacial score (nSPS) is 14.5. The van der Waals surface area contributed by atoms with Gasteiger partial charge in [-0.05, 0) is 25.1 Å². The van der Waals surface area contributed by atoms with Gasteiger partial charge in [-0.2, -0.15) is 5.26 Å². The Balaban J connectivity index is 3.23. The highest BCUT2D eigenvalue weighted by Crippen LogP contribution is 2.32. The Labute approximate surface area is 190 Å². The molecule has 0 aromatic heterocycles. The minimum absolute atomic E-state index is 0.0782. The number of carbonyl (C=O) groups excluding carboxylic acids is 3. The first kappa shape index (κ1) is 26.7. The number of esters is 3. The Morgan fingerprint density at radius 2 is 1.74 bits per heavy atom. The highest BCUT2D eigenvalue weighted by atomic mass is 35.5. The molecular formula is C20H25ClN2O7S. The molecule has 170 valence electrons. The number of carbonyl (C=O) groups is 3. The minimum atomic E-state index is -0.892. The molecule has 1 aromatic carbocycles. The molecule has 0 aliphatic rings. The van der Waals surface area contributed by atoms with Gasteiger partial charge in [-0.25, -0.2) is 0 Å². The maximum absolute atomic E-state index is 11.6. The van der Waals surface area contributed by atoms with Crippen molar-refractivity contribution in [3.05, 3.63) is 28.8 Å². The smallest absolute Gasteiger partial charge is 0.303 e. The molecule has 9 nitrogen and oxygen atoms in total. The number of thioether (sulfide) groups is 1. The molecule has 4 atom stereocenters. The number of benzene rings is 1. The second-order valence-corrected chi connectivity index (χ2v) is 8.06. The number of nitrogens with two attached hydrogens (primary N) is 1. The van der Waals surface area contributed by atoms with Gasteiger partial charge in [0.1, 0.15) is 30.4 Å². The van der Waals surface area contributed by atoms with Crippen molar-refractivity contribution in [2.45, 2.75) is 56.3 Å². The molecule has 0 radical (unpaired) electrons. The van der Waals surface area contributed by atoms with E-state index in [2.05, 4.69) is 0 Å². The van der Waals surface area contributed by atoms with Gasteiger partial charge in [0.25, 0.3) is 0 Å². The van der Waals surface area contributed by atoms with E-state index in [0.29, 0.717) is 15.5 Å². The Kier molecular flexibility index (Phi) is 11.3. The third-order valence-corrected chi connectivity index (χ3v) is 5.11. The first-order valence-electron chi connectivity index (χ1n) is 9.26. The Hall–Kier alpha value is -2.32. The summed E-state index contributed by atoms with van der Waals surface area (Å²) in [5.74, 6) is -1.66. The van der Waals surface area contributed by atoms with Crippen molar-refractivity contribution in [1.82, 2.24) is 0 Å². The summed E-state index contributed by atoms with van der Waals surface area (Å²) in [6.45, 7) is 4.99. The van der Waals surface area contributed by atoms with Crippen LogP contribution in [0, 0.1) is 11.3 Å². The molecule has 1 rings (SSSR count). The summed E-state index contributed by atoms with van der Waals surface area (Å²) in [6.07, 6.45) is -2.56. The van der Waals surface area contributed by atoms with Crippen LogP contribution >= 0.6 is 23.4 Å². The summed E-state index contributed by atoms with van der Waals surface area (Å²) in [4.78, 5) is 34.8. The van der Waals surface area contributed by atoms with Crippen LogP contribution in [0.3, 0.4) is 0 Å². The van der Waals surface area contributed by atoms with E-state index in [0.717, 1.165) is 11.8 Å². The quantitative estimate of drug-likeness (QED) is 0.221. The van der Waals surface area contributed by atoms with Crippen LogP contribution in [0.1, 0.15) is 33.3 Å². The second kappa shape index (κ2) is 13.2. The molecule has 2 N–H and O–H groups in total. The van der Waals surface area contributed by atoms with Crippen LogP contribution in [0.4, 0.5) is 0 Å². The fourth-order valence-corrected chi connectivity index (χ4v) is 3.92. The van der Waals surface area contributed by atoms with Gasteiger partial charge < -0.3 is 24.7 Å². The van der Waals surface area contributed by atoms with E-state index in [-0.39, 0.29) is 13.2 Å². The number of hydrogen-bond donors (Lipinski definition) is 1. The van der Waals surface area contributed by atoms with Crippen molar-refractivity contribution in [2.75, 3.05) is 13.2 Å². The summed E-state index contributed by atoms with van der Waals surface area (Å²) in [5, 5.41) is 9.52. The molecule has 0 heterocycles. The van der Waals surface area contributed by atoms with Gasteiger partial charge in [0.05, 0.1) is 11.6 Å². The molecule has 2 unspecified atom stereocenters. The molecule has 0 aliphatic heterocycles. The van der Waals surface area contributed by atoms with Gasteiger partial charge in [0.2, 0.25) is 0 Å². The van der Waals surface area contributed by atoms with Crippen LogP contribution in [0.25, 0.3) is 0 Å². The predicted octanol–water partition coefficient (Wildman–Crippen LogP) is 2.42. The van der Waals surface area contributed by atoms with Gasteiger partial charge in [0, 0.05) is 37.2 Å². The number of nitriles is 1. The van der Waals surface area contributed by atoms with E-state index >= 15 is 0 Å².